The summed E-state index contributed by atoms with van der Waals surface area (Å²) in [6.45, 7) is 2.94. The van der Waals surface area contributed by atoms with E-state index in [1.807, 2.05) is 12.1 Å². The summed E-state index contributed by atoms with van der Waals surface area (Å²) in [5.74, 6) is 1.50. The molecule has 35 heavy (non-hydrogen) atoms. The molecule has 0 unspecified atom stereocenters. The Morgan fingerprint density at radius 3 is 2.77 bits per heavy atom. The Morgan fingerprint density at radius 2 is 2.00 bits per heavy atom. The van der Waals surface area contributed by atoms with Crippen LogP contribution >= 0.6 is 0 Å². The number of H-pyrrole nitrogens is 1. The summed E-state index contributed by atoms with van der Waals surface area (Å²) in [4.78, 5) is 42.6. The van der Waals surface area contributed by atoms with Gasteiger partial charge in [-0.3, -0.25) is 9.59 Å². The van der Waals surface area contributed by atoms with E-state index in [0.717, 1.165) is 50.9 Å². The quantitative estimate of drug-likeness (QED) is 0.552. The summed E-state index contributed by atoms with van der Waals surface area (Å²) in [7, 11) is 1.59. The van der Waals surface area contributed by atoms with Gasteiger partial charge in [-0.2, -0.15) is 0 Å². The van der Waals surface area contributed by atoms with Crippen LogP contribution in [-0.2, 0) is 11.2 Å². The molecule has 2 aliphatic rings. The maximum Gasteiger partial charge on any atom is 0.269 e. The molecule has 10 heteroatoms. The van der Waals surface area contributed by atoms with Crippen molar-refractivity contribution < 1.29 is 14.3 Å². The van der Waals surface area contributed by atoms with E-state index in [1.165, 1.54) is 6.33 Å². The highest BCUT2D eigenvalue weighted by molar-refractivity contribution is 5.91. The van der Waals surface area contributed by atoms with Crippen molar-refractivity contribution in [3.8, 4) is 5.75 Å². The van der Waals surface area contributed by atoms with Crippen LogP contribution in [0.25, 0.3) is 10.9 Å². The van der Waals surface area contributed by atoms with Gasteiger partial charge in [-0.1, -0.05) is 0 Å². The lowest BCUT2D eigenvalue weighted by Gasteiger charge is -2.31. The fourth-order valence-corrected chi connectivity index (χ4v) is 4.89. The van der Waals surface area contributed by atoms with Crippen LogP contribution in [0.3, 0.4) is 0 Å². The van der Waals surface area contributed by atoms with Gasteiger partial charge in [-0.05, 0) is 43.7 Å². The number of aromatic amines is 1. The largest absolute Gasteiger partial charge is 0.489 e. The molecule has 2 fully saturated rings. The third-order valence-corrected chi connectivity index (χ3v) is 6.79. The van der Waals surface area contributed by atoms with E-state index < -0.39 is 0 Å². The highest BCUT2D eigenvalue weighted by Crippen LogP contribution is 2.34. The summed E-state index contributed by atoms with van der Waals surface area (Å²) in [6, 6.07) is 5.54. The van der Waals surface area contributed by atoms with E-state index in [2.05, 4.69) is 30.2 Å². The molecule has 1 aliphatic heterocycles. The smallest absolute Gasteiger partial charge is 0.269 e. The third kappa shape index (κ3) is 5.27. The highest BCUT2D eigenvalue weighted by atomic mass is 16.5. The van der Waals surface area contributed by atoms with Gasteiger partial charge >= 0.3 is 0 Å². The normalized spacial score (nSPS) is 20.5. The number of anilines is 1. The van der Waals surface area contributed by atoms with Gasteiger partial charge < -0.3 is 24.7 Å². The van der Waals surface area contributed by atoms with Crippen LogP contribution in [0.4, 0.5) is 5.69 Å². The van der Waals surface area contributed by atoms with E-state index in [0.29, 0.717) is 47.3 Å². The highest BCUT2D eigenvalue weighted by Gasteiger charge is 2.25. The topological polar surface area (TPSA) is 122 Å². The molecule has 0 spiro atoms. The maximum atomic E-state index is 12.6. The molecule has 0 atom stereocenters. The van der Waals surface area contributed by atoms with Crippen LogP contribution in [0.2, 0.25) is 0 Å². The van der Waals surface area contributed by atoms with Gasteiger partial charge in [0.25, 0.3) is 11.5 Å². The SMILES string of the molecule is CNC(=O)c1ccnc(CC2CCC(Oc3cc(N4CCOCC4)cc4nc[nH]c(=O)c34)CC2)n1. The maximum absolute atomic E-state index is 12.6. The van der Waals surface area contributed by atoms with Gasteiger partial charge in [-0.25, -0.2) is 15.0 Å². The third-order valence-electron chi connectivity index (χ3n) is 6.79. The first-order valence-electron chi connectivity index (χ1n) is 12.2. The molecule has 2 N–H and O–H groups in total. The first-order chi connectivity index (χ1) is 17.1. The first kappa shape index (κ1) is 23.2. The summed E-state index contributed by atoms with van der Waals surface area (Å²) < 4.78 is 11.9. The van der Waals surface area contributed by atoms with Crippen LogP contribution in [0, 0.1) is 5.92 Å². The van der Waals surface area contributed by atoms with Gasteiger partial charge in [0.05, 0.1) is 31.2 Å². The molecule has 3 aromatic rings. The molecule has 10 nitrogen and oxygen atoms in total. The Labute approximate surface area is 203 Å². The van der Waals surface area contributed by atoms with Crippen molar-refractivity contribution in [1.82, 2.24) is 25.3 Å². The summed E-state index contributed by atoms with van der Waals surface area (Å²) >= 11 is 0. The van der Waals surface area contributed by atoms with Crippen molar-refractivity contribution in [2.24, 2.45) is 5.92 Å². The molecule has 1 saturated heterocycles. The van der Waals surface area contributed by atoms with Crippen molar-refractivity contribution in [3.63, 3.8) is 0 Å². The fraction of sp³-hybridized carbons (Fsp3) is 0.480. The van der Waals surface area contributed by atoms with Gasteiger partial charge in [0.15, 0.2) is 0 Å². The van der Waals surface area contributed by atoms with Gasteiger partial charge in [0.1, 0.15) is 22.7 Å². The number of carbonyl (C=O) groups is 1. The zero-order chi connectivity index (χ0) is 24.2. The van der Waals surface area contributed by atoms with E-state index >= 15 is 0 Å². The summed E-state index contributed by atoms with van der Waals surface area (Å²) in [5.41, 5.74) is 1.83. The minimum Gasteiger partial charge on any atom is -0.489 e. The number of nitrogens with one attached hydrogen (secondary N) is 2. The fourth-order valence-electron chi connectivity index (χ4n) is 4.89. The average Bonchev–Trinajstić information content (AvgIpc) is 2.90. The molecule has 1 saturated carbocycles. The van der Waals surface area contributed by atoms with E-state index in [1.54, 1.807) is 19.3 Å². The average molecular weight is 479 g/mol. The Hall–Kier alpha value is -3.53. The summed E-state index contributed by atoms with van der Waals surface area (Å²) in [5, 5.41) is 3.09. The monoisotopic (exact) mass is 478 g/mol. The number of amides is 1. The molecular weight excluding hydrogens is 448 g/mol. The molecule has 0 bridgehead atoms. The number of hydrogen-bond donors (Lipinski definition) is 2. The zero-order valence-electron chi connectivity index (χ0n) is 19.8. The minimum atomic E-state index is -0.207. The van der Waals surface area contributed by atoms with Crippen LogP contribution < -0.4 is 20.5 Å². The van der Waals surface area contributed by atoms with Crippen LogP contribution in [0.5, 0.6) is 5.75 Å². The number of hydrogen-bond acceptors (Lipinski definition) is 8. The van der Waals surface area contributed by atoms with Crippen molar-refractivity contribution in [1.29, 1.82) is 0 Å². The second-order valence-corrected chi connectivity index (χ2v) is 9.07. The molecule has 2 aromatic heterocycles. The van der Waals surface area contributed by atoms with E-state index in [9.17, 15) is 9.59 Å². The van der Waals surface area contributed by atoms with Crippen molar-refractivity contribution in [2.45, 2.75) is 38.2 Å². The molecule has 0 radical (unpaired) electrons. The Kier molecular flexibility index (Phi) is 6.89. The van der Waals surface area contributed by atoms with E-state index in [-0.39, 0.29) is 17.6 Å². The molecule has 1 aliphatic carbocycles. The number of carbonyl (C=O) groups excluding carboxylic acids is 1. The predicted octanol–water partition coefficient (Wildman–Crippen LogP) is 2.09. The van der Waals surface area contributed by atoms with Crippen molar-refractivity contribution >= 4 is 22.5 Å². The predicted molar refractivity (Wildman–Crippen MR) is 131 cm³/mol. The number of fused-ring (bicyclic) bond motifs is 1. The number of benzene rings is 1. The van der Waals surface area contributed by atoms with Crippen molar-refractivity contribution in [2.75, 3.05) is 38.3 Å². The Bertz CT molecular complexity index is 1250. The first-order valence-corrected chi connectivity index (χ1v) is 12.2. The van der Waals surface area contributed by atoms with Gasteiger partial charge in [0.2, 0.25) is 0 Å². The lowest BCUT2D eigenvalue weighted by molar-refractivity contribution is 0.0957. The van der Waals surface area contributed by atoms with E-state index in [4.69, 9.17) is 9.47 Å². The van der Waals surface area contributed by atoms with Gasteiger partial charge in [0, 0.05) is 44.5 Å². The molecule has 5 rings (SSSR count). The lowest BCUT2D eigenvalue weighted by atomic mass is 9.85. The minimum absolute atomic E-state index is 0.0205. The Balaban J connectivity index is 1.28. The Morgan fingerprint density at radius 1 is 1.20 bits per heavy atom. The lowest BCUT2D eigenvalue weighted by Crippen LogP contribution is -2.36. The molecule has 1 amide bonds. The second kappa shape index (κ2) is 10.4. The van der Waals surface area contributed by atoms with Gasteiger partial charge in [-0.15, -0.1) is 0 Å². The number of nitrogens with zero attached hydrogens (tertiary/aromatic N) is 4. The zero-order valence-corrected chi connectivity index (χ0v) is 19.8. The second-order valence-electron chi connectivity index (χ2n) is 9.07. The number of ether oxygens (including phenoxy) is 2. The summed E-state index contributed by atoms with van der Waals surface area (Å²) in [6.07, 6.45) is 7.51. The number of aromatic nitrogens is 4. The number of morpholine rings is 1. The number of rotatable bonds is 6. The molecular formula is C25H30N6O4. The molecule has 184 valence electrons. The van der Waals surface area contributed by atoms with Crippen LogP contribution in [0.1, 0.15) is 42.0 Å². The standard InChI is InChI=1S/C25H30N6O4/c1-26-24(32)19-6-7-27-22(30-19)12-16-2-4-18(5-3-16)35-21-14-17(31-8-10-34-11-9-31)13-20-23(21)25(33)29-15-28-20/h6-7,13-16,18H,2-5,8-12H2,1H3,(H,26,32)(H,28,29,33). The van der Waals surface area contributed by atoms with Crippen LogP contribution in [0.15, 0.2) is 35.5 Å². The molecule has 1 aromatic carbocycles. The molecule has 3 heterocycles. The van der Waals surface area contributed by atoms with Crippen LogP contribution in [-0.4, -0.2) is 65.3 Å². The van der Waals surface area contributed by atoms with Crippen molar-refractivity contribution in [3.05, 3.63) is 52.6 Å².